The van der Waals surface area contributed by atoms with E-state index < -0.39 is 11.6 Å². The van der Waals surface area contributed by atoms with Gasteiger partial charge in [-0.25, -0.2) is 4.79 Å². The maximum absolute atomic E-state index is 12.5. The van der Waals surface area contributed by atoms with Crippen LogP contribution >= 0.6 is 0 Å². The van der Waals surface area contributed by atoms with Crippen LogP contribution in [0.1, 0.15) is 48.5 Å². The van der Waals surface area contributed by atoms with Crippen LogP contribution in [-0.2, 0) is 4.79 Å². The van der Waals surface area contributed by atoms with Crippen LogP contribution in [0.3, 0.4) is 0 Å². The first-order valence-corrected chi connectivity index (χ1v) is 9.08. The van der Waals surface area contributed by atoms with Crippen molar-refractivity contribution >= 4 is 11.9 Å². The summed E-state index contributed by atoms with van der Waals surface area (Å²) in [5.74, 6) is -0.0925. The number of carboxylic acid groups (broad SMARTS) is 1. The number of carbonyl (C=O) groups excluding carboxylic acids is 1. The molecule has 27 heavy (non-hydrogen) atoms. The fraction of sp³-hybridized carbons (Fsp3) is 0.381. The van der Waals surface area contributed by atoms with E-state index in [4.69, 9.17) is 4.74 Å². The summed E-state index contributed by atoms with van der Waals surface area (Å²) >= 11 is 0. The zero-order chi connectivity index (χ0) is 19.4. The maximum Gasteiger partial charge on any atom is 0.347 e. The summed E-state index contributed by atoms with van der Waals surface area (Å²) in [6.45, 7) is 4.45. The first-order chi connectivity index (χ1) is 12.9. The Balaban J connectivity index is 1.64. The largest absolute Gasteiger partial charge is 0.478 e. The molecule has 0 bridgehead atoms. The van der Waals surface area contributed by atoms with Gasteiger partial charge in [0.05, 0.1) is 0 Å². The summed E-state index contributed by atoms with van der Waals surface area (Å²) in [6.07, 6.45) is 4.99. The lowest BCUT2D eigenvalue weighted by atomic mass is 9.89. The number of hydrogen-bond acceptors (Lipinski definition) is 4. The second-order valence-corrected chi connectivity index (χ2v) is 7.29. The molecule has 1 aliphatic heterocycles. The lowest BCUT2D eigenvalue weighted by molar-refractivity contribution is -0.152. The highest BCUT2D eigenvalue weighted by Crippen LogP contribution is 2.31. The van der Waals surface area contributed by atoms with Crippen LogP contribution in [0.15, 0.2) is 48.8 Å². The number of nitrogens with zero attached hydrogens (tertiary/aromatic N) is 2. The zero-order valence-corrected chi connectivity index (χ0v) is 15.6. The number of rotatable bonds is 5. The number of likely N-dealkylation sites (tertiary alicyclic amines) is 1. The number of pyridine rings is 1. The minimum Gasteiger partial charge on any atom is -0.478 e. The van der Waals surface area contributed by atoms with Crippen LogP contribution in [0.2, 0.25) is 0 Å². The molecule has 6 heteroatoms. The molecule has 0 unspecified atom stereocenters. The van der Waals surface area contributed by atoms with Gasteiger partial charge in [0.2, 0.25) is 0 Å². The predicted octanol–water partition coefficient (Wildman–Crippen LogP) is 3.34. The quantitative estimate of drug-likeness (QED) is 0.875. The number of benzene rings is 1. The van der Waals surface area contributed by atoms with E-state index in [0.29, 0.717) is 30.3 Å². The van der Waals surface area contributed by atoms with Gasteiger partial charge in [0.25, 0.3) is 5.91 Å². The SMILES string of the molecule is CC(C)(Oc1cccc(C2CCN(C(=O)c3ccncc3)CC2)c1)C(=O)O. The Kier molecular flexibility index (Phi) is 5.44. The summed E-state index contributed by atoms with van der Waals surface area (Å²) in [4.78, 5) is 29.6. The molecule has 1 fully saturated rings. The van der Waals surface area contributed by atoms with Crippen molar-refractivity contribution in [3.63, 3.8) is 0 Å². The first-order valence-electron chi connectivity index (χ1n) is 9.08. The number of amides is 1. The number of aromatic nitrogens is 1. The van der Waals surface area contributed by atoms with Crippen molar-refractivity contribution < 1.29 is 19.4 Å². The van der Waals surface area contributed by atoms with E-state index in [1.165, 1.54) is 13.8 Å². The summed E-state index contributed by atoms with van der Waals surface area (Å²) < 4.78 is 5.64. The zero-order valence-electron chi connectivity index (χ0n) is 15.6. The third kappa shape index (κ3) is 4.45. The third-order valence-electron chi connectivity index (χ3n) is 4.93. The highest BCUT2D eigenvalue weighted by molar-refractivity contribution is 5.94. The van der Waals surface area contributed by atoms with E-state index in [9.17, 15) is 14.7 Å². The van der Waals surface area contributed by atoms with Crippen LogP contribution in [-0.4, -0.2) is 45.6 Å². The minimum atomic E-state index is -1.28. The molecule has 1 saturated heterocycles. The van der Waals surface area contributed by atoms with E-state index in [-0.39, 0.29) is 5.91 Å². The Morgan fingerprint density at radius 2 is 1.81 bits per heavy atom. The molecule has 1 amide bonds. The monoisotopic (exact) mass is 368 g/mol. The highest BCUT2D eigenvalue weighted by atomic mass is 16.5. The average molecular weight is 368 g/mol. The molecule has 142 valence electrons. The normalized spacial score (nSPS) is 15.4. The van der Waals surface area contributed by atoms with Gasteiger partial charge in [0, 0.05) is 31.0 Å². The van der Waals surface area contributed by atoms with Gasteiger partial charge in [-0.2, -0.15) is 0 Å². The number of ether oxygens (including phenoxy) is 1. The van der Waals surface area contributed by atoms with Gasteiger partial charge in [0.1, 0.15) is 5.75 Å². The Hall–Kier alpha value is -2.89. The molecule has 3 rings (SSSR count). The molecule has 0 aliphatic carbocycles. The van der Waals surface area contributed by atoms with Gasteiger partial charge in [-0.3, -0.25) is 9.78 Å². The minimum absolute atomic E-state index is 0.0381. The molecule has 2 heterocycles. The van der Waals surface area contributed by atoms with Gasteiger partial charge in [-0.15, -0.1) is 0 Å². The molecule has 1 aromatic carbocycles. The van der Waals surface area contributed by atoms with Crippen LogP contribution < -0.4 is 4.74 Å². The van der Waals surface area contributed by atoms with Crippen molar-refractivity contribution in [1.29, 1.82) is 0 Å². The van der Waals surface area contributed by atoms with Crippen LogP contribution in [0.4, 0.5) is 0 Å². The fourth-order valence-electron chi connectivity index (χ4n) is 3.26. The second-order valence-electron chi connectivity index (χ2n) is 7.29. The predicted molar refractivity (Wildman–Crippen MR) is 101 cm³/mol. The number of hydrogen-bond donors (Lipinski definition) is 1. The van der Waals surface area contributed by atoms with E-state index in [0.717, 1.165) is 18.4 Å². The lowest BCUT2D eigenvalue weighted by Crippen LogP contribution is -2.38. The Bertz CT molecular complexity index is 812. The molecule has 2 aromatic rings. The van der Waals surface area contributed by atoms with E-state index in [1.807, 2.05) is 23.1 Å². The van der Waals surface area contributed by atoms with Gasteiger partial charge < -0.3 is 14.7 Å². The number of piperidine rings is 1. The van der Waals surface area contributed by atoms with Gasteiger partial charge in [-0.1, -0.05) is 12.1 Å². The van der Waals surface area contributed by atoms with Gasteiger partial charge in [0.15, 0.2) is 5.60 Å². The van der Waals surface area contributed by atoms with E-state index in [1.54, 1.807) is 30.6 Å². The van der Waals surface area contributed by atoms with Crippen molar-refractivity contribution in [3.05, 3.63) is 59.9 Å². The molecule has 1 aromatic heterocycles. The molecule has 0 atom stereocenters. The van der Waals surface area contributed by atoms with Crippen molar-refractivity contribution in [2.45, 2.75) is 38.2 Å². The number of carboxylic acids is 1. The van der Waals surface area contributed by atoms with Crippen LogP contribution in [0, 0.1) is 0 Å². The summed E-state index contributed by atoms with van der Waals surface area (Å²) in [7, 11) is 0. The van der Waals surface area contributed by atoms with Crippen molar-refractivity contribution in [2.24, 2.45) is 0 Å². The molecule has 0 spiro atoms. The Labute approximate surface area is 158 Å². The Morgan fingerprint density at radius 3 is 2.44 bits per heavy atom. The summed E-state index contributed by atoms with van der Waals surface area (Å²) in [6, 6.07) is 11.1. The van der Waals surface area contributed by atoms with E-state index in [2.05, 4.69) is 4.98 Å². The fourth-order valence-corrected chi connectivity index (χ4v) is 3.26. The molecular weight excluding hydrogens is 344 g/mol. The smallest absolute Gasteiger partial charge is 0.347 e. The van der Waals surface area contributed by atoms with Crippen molar-refractivity contribution in [1.82, 2.24) is 9.88 Å². The molecule has 0 saturated carbocycles. The van der Waals surface area contributed by atoms with Crippen molar-refractivity contribution in [3.8, 4) is 5.75 Å². The average Bonchev–Trinajstić information content (AvgIpc) is 2.68. The standard InChI is InChI=1S/C21H24N2O4/c1-21(2,20(25)26)27-18-5-3-4-17(14-18)15-8-12-23(13-9-15)19(24)16-6-10-22-11-7-16/h3-7,10-11,14-15H,8-9,12-13H2,1-2H3,(H,25,26). The van der Waals surface area contributed by atoms with Crippen molar-refractivity contribution in [2.75, 3.05) is 13.1 Å². The second kappa shape index (κ2) is 7.78. The molecule has 1 aliphatic rings. The molecule has 0 radical (unpaired) electrons. The Morgan fingerprint density at radius 1 is 1.15 bits per heavy atom. The highest BCUT2D eigenvalue weighted by Gasteiger charge is 2.30. The lowest BCUT2D eigenvalue weighted by Gasteiger charge is -2.32. The summed E-state index contributed by atoms with van der Waals surface area (Å²) in [5.41, 5.74) is 0.498. The van der Waals surface area contributed by atoms with Crippen LogP contribution in [0.5, 0.6) is 5.75 Å². The molecule has 1 N–H and O–H groups in total. The summed E-state index contributed by atoms with van der Waals surface area (Å²) in [5, 5.41) is 9.23. The molecule has 6 nitrogen and oxygen atoms in total. The van der Waals surface area contributed by atoms with Crippen LogP contribution in [0.25, 0.3) is 0 Å². The maximum atomic E-state index is 12.5. The topological polar surface area (TPSA) is 79.7 Å². The number of aliphatic carboxylic acids is 1. The van der Waals surface area contributed by atoms with Gasteiger partial charge in [-0.05, 0) is 62.4 Å². The third-order valence-corrected chi connectivity index (χ3v) is 4.93. The molecular formula is C21H24N2O4. The number of carbonyl (C=O) groups is 2. The first kappa shape index (κ1) is 18.9. The van der Waals surface area contributed by atoms with Gasteiger partial charge >= 0.3 is 5.97 Å². The van der Waals surface area contributed by atoms with E-state index >= 15 is 0 Å².